The van der Waals surface area contributed by atoms with Crippen molar-refractivity contribution in [3.05, 3.63) is 21.9 Å². The van der Waals surface area contributed by atoms with Crippen molar-refractivity contribution in [1.29, 1.82) is 0 Å². The van der Waals surface area contributed by atoms with Crippen molar-refractivity contribution < 1.29 is 13.2 Å². The van der Waals surface area contributed by atoms with Gasteiger partial charge >= 0.3 is 0 Å². The third kappa shape index (κ3) is 2.70. The summed E-state index contributed by atoms with van der Waals surface area (Å²) in [4.78, 5) is 15.4. The summed E-state index contributed by atoms with van der Waals surface area (Å²) in [5.74, 6) is 0.0481. The molecule has 2 saturated heterocycles. The molecule has 0 aliphatic carbocycles. The third-order valence-corrected chi connectivity index (χ3v) is 7.21. The number of piperidine rings is 1. The molecule has 1 aromatic heterocycles. The van der Waals surface area contributed by atoms with E-state index in [9.17, 15) is 13.2 Å². The van der Waals surface area contributed by atoms with Crippen LogP contribution in [0.1, 0.15) is 40.9 Å². The van der Waals surface area contributed by atoms with E-state index in [1.54, 1.807) is 4.31 Å². The first kappa shape index (κ1) is 16.0. The van der Waals surface area contributed by atoms with Crippen LogP contribution in [0.3, 0.4) is 0 Å². The number of rotatable bonds is 2. The van der Waals surface area contributed by atoms with Crippen molar-refractivity contribution in [3.63, 3.8) is 0 Å². The van der Waals surface area contributed by atoms with Crippen LogP contribution in [-0.4, -0.2) is 55.0 Å². The molecule has 1 amide bonds. The van der Waals surface area contributed by atoms with Crippen molar-refractivity contribution in [3.8, 4) is 0 Å². The molecule has 0 saturated carbocycles. The Hall–Kier alpha value is -0.920. The number of hydrogen-bond acceptors (Lipinski definition) is 4. The number of likely N-dealkylation sites (tertiary alicyclic amines) is 1. The van der Waals surface area contributed by atoms with Gasteiger partial charge in [0.2, 0.25) is 10.0 Å². The molecule has 0 aromatic carbocycles. The molecule has 2 fully saturated rings. The quantitative estimate of drug-likeness (QED) is 0.827. The predicted molar refractivity (Wildman–Crippen MR) is 87.7 cm³/mol. The zero-order chi connectivity index (χ0) is 16.0. The molecule has 1 aromatic rings. The highest BCUT2D eigenvalue weighted by molar-refractivity contribution is 7.88. The number of carbonyl (C=O) groups excluding carboxylic acids is 1. The van der Waals surface area contributed by atoms with Crippen molar-refractivity contribution in [2.75, 3.05) is 25.9 Å². The molecule has 1 unspecified atom stereocenters. The van der Waals surface area contributed by atoms with Crippen LogP contribution < -0.4 is 0 Å². The van der Waals surface area contributed by atoms with Gasteiger partial charge in [0.25, 0.3) is 5.91 Å². The second kappa shape index (κ2) is 5.62. The number of hydrogen-bond donors (Lipinski definition) is 0. The average molecular weight is 342 g/mol. The average Bonchev–Trinajstić information content (AvgIpc) is 3.04. The fourth-order valence-corrected chi connectivity index (χ4v) is 6.16. The van der Waals surface area contributed by atoms with Crippen LogP contribution in [0.4, 0.5) is 0 Å². The maximum atomic E-state index is 12.7. The third-order valence-electron chi connectivity index (χ3n) is 4.83. The molecule has 3 rings (SSSR count). The molecule has 2 aliphatic heterocycles. The van der Waals surface area contributed by atoms with E-state index >= 15 is 0 Å². The summed E-state index contributed by atoms with van der Waals surface area (Å²) in [6.07, 6.45) is 4.74. The maximum absolute atomic E-state index is 12.7. The van der Waals surface area contributed by atoms with E-state index in [4.69, 9.17) is 0 Å². The van der Waals surface area contributed by atoms with Gasteiger partial charge in [0.1, 0.15) is 0 Å². The lowest BCUT2D eigenvalue weighted by atomic mass is 9.87. The Balaban J connectivity index is 1.85. The molecule has 3 heterocycles. The normalized spacial score (nSPS) is 26.7. The SMILES string of the molecule is Cc1ccsc1C(=O)N1CCCC2(CCCN2S(C)(=O)=O)C1. The largest absolute Gasteiger partial charge is 0.336 e. The topological polar surface area (TPSA) is 57.7 Å². The number of nitrogens with zero attached hydrogens (tertiary/aromatic N) is 2. The van der Waals surface area contributed by atoms with Crippen LogP contribution in [0.15, 0.2) is 11.4 Å². The summed E-state index contributed by atoms with van der Waals surface area (Å²) in [7, 11) is -3.22. The number of aryl methyl sites for hydroxylation is 1. The van der Waals surface area contributed by atoms with Crippen LogP contribution in [0.25, 0.3) is 0 Å². The van der Waals surface area contributed by atoms with Gasteiger partial charge in [0.05, 0.1) is 16.7 Å². The summed E-state index contributed by atoms with van der Waals surface area (Å²) in [6.45, 7) is 3.77. The van der Waals surface area contributed by atoms with Gasteiger partial charge in [0, 0.05) is 19.6 Å². The van der Waals surface area contributed by atoms with Crippen LogP contribution in [0.5, 0.6) is 0 Å². The minimum absolute atomic E-state index is 0.0481. The first-order valence-electron chi connectivity index (χ1n) is 7.65. The molecule has 1 spiro atoms. The lowest BCUT2D eigenvalue weighted by molar-refractivity contribution is 0.0528. The lowest BCUT2D eigenvalue weighted by Crippen LogP contribution is -2.58. The van der Waals surface area contributed by atoms with E-state index in [0.717, 1.165) is 42.7 Å². The Labute approximate surface area is 136 Å². The smallest absolute Gasteiger partial charge is 0.264 e. The van der Waals surface area contributed by atoms with E-state index in [1.165, 1.54) is 17.6 Å². The number of thiophene rings is 1. The summed E-state index contributed by atoms with van der Waals surface area (Å²) < 4.78 is 25.8. The molecule has 0 bridgehead atoms. The van der Waals surface area contributed by atoms with E-state index in [-0.39, 0.29) is 11.4 Å². The van der Waals surface area contributed by atoms with E-state index < -0.39 is 10.0 Å². The zero-order valence-corrected chi connectivity index (χ0v) is 14.7. The van der Waals surface area contributed by atoms with E-state index in [0.29, 0.717) is 13.1 Å². The molecule has 2 aliphatic rings. The molecule has 7 heteroatoms. The van der Waals surface area contributed by atoms with Gasteiger partial charge in [-0.3, -0.25) is 4.79 Å². The predicted octanol–water partition coefficient (Wildman–Crippen LogP) is 2.09. The second-order valence-corrected chi connectivity index (χ2v) is 9.25. The summed E-state index contributed by atoms with van der Waals surface area (Å²) in [5.41, 5.74) is 0.619. The Kier molecular flexibility index (Phi) is 4.07. The molecule has 5 nitrogen and oxygen atoms in total. The van der Waals surface area contributed by atoms with E-state index in [2.05, 4.69) is 0 Å². The number of carbonyl (C=O) groups is 1. The fourth-order valence-electron chi connectivity index (χ4n) is 3.86. The summed E-state index contributed by atoms with van der Waals surface area (Å²) >= 11 is 1.47. The fraction of sp³-hybridized carbons (Fsp3) is 0.667. The van der Waals surface area contributed by atoms with Gasteiger partial charge in [-0.1, -0.05) is 0 Å². The molecule has 22 heavy (non-hydrogen) atoms. The van der Waals surface area contributed by atoms with Gasteiger partial charge in [-0.25, -0.2) is 8.42 Å². The van der Waals surface area contributed by atoms with Crippen molar-refractivity contribution in [1.82, 2.24) is 9.21 Å². The highest BCUT2D eigenvalue weighted by atomic mass is 32.2. The van der Waals surface area contributed by atoms with Crippen molar-refractivity contribution in [2.24, 2.45) is 0 Å². The first-order valence-corrected chi connectivity index (χ1v) is 10.4. The zero-order valence-electron chi connectivity index (χ0n) is 13.0. The molecule has 1 atom stereocenters. The second-order valence-electron chi connectivity index (χ2n) is 6.43. The van der Waals surface area contributed by atoms with Crippen LogP contribution in [0, 0.1) is 6.92 Å². The van der Waals surface area contributed by atoms with Gasteiger partial charge in [0.15, 0.2) is 0 Å². The standard InChI is InChI=1S/C15H22N2O3S2/c1-12-5-10-21-13(12)14(18)16-8-3-6-15(11-16)7-4-9-17(15)22(2,19)20/h5,10H,3-4,6-9,11H2,1-2H3. The molecule has 0 radical (unpaired) electrons. The molecular weight excluding hydrogens is 320 g/mol. The van der Waals surface area contributed by atoms with Crippen molar-refractivity contribution in [2.45, 2.75) is 38.1 Å². The molecular formula is C15H22N2O3S2. The highest BCUT2D eigenvalue weighted by Crippen LogP contribution is 2.39. The lowest BCUT2D eigenvalue weighted by Gasteiger charge is -2.44. The Morgan fingerprint density at radius 1 is 1.27 bits per heavy atom. The van der Waals surface area contributed by atoms with E-state index in [1.807, 2.05) is 23.3 Å². The molecule has 0 N–H and O–H groups in total. The Morgan fingerprint density at radius 2 is 1.95 bits per heavy atom. The first-order chi connectivity index (χ1) is 10.3. The van der Waals surface area contributed by atoms with Crippen LogP contribution in [-0.2, 0) is 10.0 Å². The summed E-state index contributed by atoms with van der Waals surface area (Å²) in [6, 6.07) is 1.95. The molecule has 122 valence electrons. The van der Waals surface area contributed by atoms with Gasteiger partial charge in [-0.2, -0.15) is 4.31 Å². The van der Waals surface area contributed by atoms with Gasteiger partial charge in [-0.05, 0) is 49.6 Å². The Morgan fingerprint density at radius 3 is 2.55 bits per heavy atom. The van der Waals surface area contributed by atoms with Crippen molar-refractivity contribution >= 4 is 27.3 Å². The van der Waals surface area contributed by atoms with Gasteiger partial charge in [-0.15, -0.1) is 11.3 Å². The van der Waals surface area contributed by atoms with Crippen LogP contribution >= 0.6 is 11.3 Å². The number of sulfonamides is 1. The maximum Gasteiger partial charge on any atom is 0.264 e. The highest BCUT2D eigenvalue weighted by Gasteiger charge is 2.48. The Bertz CT molecular complexity index is 683. The minimum Gasteiger partial charge on any atom is -0.336 e. The monoisotopic (exact) mass is 342 g/mol. The summed E-state index contributed by atoms with van der Waals surface area (Å²) in [5, 5.41) is 1.93. The van der Waals surface area contributed by atoms with Crippen LogP contribution in [0.2, 0.25) is 0 Å². The number of amides is 1. The minimum atomic E-state index is -3.22. The van der Waals surface area contributed by atoms with Gasteiger partial charge < -0.3 is 4.90 Å².